The van der Waals surface area contributed by atoms with Crippen LogP contribution in [0.15, 0.2) is 36.8 Å². The number of aliphatic carboxylic acids is 1. The van der Waals surface area contributed by atoms with Crippen molar-refractivity contribution in [2.45, 2.75) is 19.8 Å². The van der Waals surface area contributed by atoms with Gasteiger partial charge in [0.2, 0.25) is 0 Å². The molecule has 0 radical (unpaired) electrons. The smallest absolute Gasteiger partial charge is 0.341 e. The van der Waals surface area contributed by atoms with E-state index < -0.39 is 12.6 Å². The number of hydrogen-bond donors (Lipinski definition) is 1. The summed E-state index contributed by atoms with van der Waals surface area (Å²) < 4.78 is 5.07. The van der Waals surface area contributed by atoms with Crippen molar-refractivity contribution >= 4 is 17.6 Å². The Balaban J connectivity index is 2.18. The number of ether oxygens (including phenoxy) is 1. The molecule has 0 saturated heterocycles. The Morgan fingerprint density at radius 2 is 1.92 bits per heavy atom. The predicted molar refractivity (Wildman–Crippen MR) is 88.4 cm³/mol. The normalized spacial score (nSPS) is 10.5. The molecule has 1 heterocycles. The molecule has 1 aromatic carbocycles. The zero-order valence-electron chi connectivity index (χ0n) is 13.8. The van der Waals surface area contributed by atoms with E-state index in [1.807, 2.05) is 13.8 Å². The molecule has 0 saturated carbocycles. The highest BCUT2D eigenvalue weighted by molar-refractivity contribution is 6.06. The lowest BCUT2D eigenvalue weighted by molar-refractivity contribution is -0.139. The van der Waals surface area contributed by atoms with Crippen LogP contribution in [0.1, 0.15) is 35.8 Å². The third kappa shape index (κ3) is 4.07. The van der Waals surface area contributed by atoms with E-state index in [1.54, 1.807) is 31.3 Å². The summed E-state index contributed by atoms with van der Waals surface area (Å²) in [7, 11) is 1.66. The Kier molecular flexibility index (Phi) is 5.47. The number of carbonyl (C=O) groups excluding carboxylic acids is 1. The molecule has 2 rings (SSSR count). The first-order valence-corrected chi connectivity index (χ1v) is 7.42. The molecule has 7 heteroatoms. The number of nitrogens with zero attached hydrogens (tertiary/aromatic N) is 3. The number of carbonyl (C=O) groups is 2. The number of aromatic nitrogens is 2. The number of carboxylic acids is 1. The summed E-state index contributed by atoms with van der Waals surface area (Å²) in [4.78, 5) is 32.8. The van der Waals surface area contributed by atoms with Crippen LogP contribution in [0, 0.1) is 0 Å². The van der Waals surface area contributed by atoms with Gasteiger partial charge in [-0.3, -0.25) is 4.79 Å². The molecular formula is C17H19N3O4. The highest BCUT2D eigenvalue weighted by Gasteiger charge is 2.20. The monoisotopic (exact) mass is 329 g/mol. The summed E-state index contributed by atoms with van der Waals surface area (Å²) in [5.41, 5.74) is 1.81. The minimum atomic E-state index is -1.04. The average molecular weight is 329 g/mol. The standard InChI is InChI=1S/C17H19N3O4/c1-11(2)16-14(8-18-10-19-16)17(23)20(3)12-4-6-13(7-5-12)24-9-15(21)22/h4-8,10-11H,9H2,1-3H3,(H,21,22). The molecule has 0 fully saturated rings. The van der Waals surface area contributed by atoms with Crippen LogP contribution in [0.3, 0.4) is 0 Å². The number of amides is 1. The van der Waals surface area contributed by atoms with Crippen LogP contribution in [-0.2, 0) is 4.79 Å². The summed E-state index contributed by atoms with van der Waals surface area (Å²) in [5, 5.41) is 8.60. The number of carboxylic acid groups (broad SMARTS) is 1. The summed E-state index contributed by atoms with van der Waals surface area (Å²) in [6.07, 6.45) is 2.95. The van der Waals surface area contributed by atoms with Crippen LogP contribution in [0.2, 0.25) is 0 Å². The third-order valence-corrected chi connectivity index (χ3v) is 3.41. The first-order valence-electron chi connectivity index (χ1n) is 7.42. The zero-order chi connectivity index (χ0) is 17.7. The van der Waals surface area contributed by atoms with Gasteiger partial charge in [0, 0.05) is 18.9 Å². The van der Waals surface area contributed by atoms with E-state index in [1.165, 1.54) is 17.4 Å². The Bertz CT molecular complexity index is 729. The molecule has 7 nitrogen and oxygen atoms in total. The lowest BCUT2D eigenvalue weighted by Gasteiger charge is -2.19. The van der Waals surface area contributed by atoms with Crippen LogP contribution in [0.25, 0.3) is 0 Å². The Labute approximate surface area is 139 Å². The first kappa shape index (κ1) is 17.4. The fourth-order valence-corrected chi connectivity index (χ4v) is 2.17. The fourth-order valence-electron chi connectivity index (χ4n) is 2.17. The highest BCUT2D eigenvalue weighted by atomic mass is 16.5. The van der Waals surface area contributed by atoms with Crippen molar-refractivity contribution in [2.75, 3.05) is 18.6 Å². The Hall–Kier alpha value is -2.96. The zero-order valence-corrected chi connectivity index (χ0v) is 13.8. The van der Waals surface area contributed by atoms with E-state index in [0.717, 1.165) is 0 Å². The van der Waals surface area contributed by atoms with Crippen LogP contribution in [0.5, 0.6) is 5.75 Å². The molecule has 126 valence electrons. The van der Waals surface area contributed by atoms with Crippen molar-refractivity contribution in [2.24, 2.45) is 0 Å². The van der Waals surface area contributed by atoms with Gasteiger partial charge in [0.15, 0.2) is 6.61 Å². The van der Waals surface area contributed by atoms with E-state index in [4.69, 9.17) is 9.84 Å². The number of rotatable bonds is 6. The van der Waals surface area contributed by atoms with E-state index in [0.29, 0.717) is 22.7 Å². The minimum absolute atomic E-state index is 0.104. The maximum absolute atomic E-state index is 12.7. The molecule has 0 aliphatic carbocycles. The van der Waals surface area contributed by atoms with Crippen LogP contribution < -0.4 is 9.64 Å². The second-order valence-electron chi connectivity index (χ2n) is 5.52. The van der Waals surface area contributed by atoms with Gasteiger partial charge in [-0.1, -0.05) is 13.8 Å². The molecule has 0 aliphatic rings. The Morgan fingerprint density at radius 1 is 1.25 bits per heavy atom. The second kappa shape index (κ2) is 7.54. The quantitative estimate of drug-likeness (QED) is 0.874. The molecule has 0 spiro atoms. The van der Waals surface area contributed by atoms with Crippen molar-refractivity contribution in [1.82, 2.24) is 9.97 Å². The van der Waals surface area contributed by atoms with E-state index in [9.17, 15) is 9.59 Å². The average Bonchev–Trinajstić information content (AvgIpc) is 2.59. The van der Waals surface area contributed by atoms with E-state index >= 15 is 0 Å². The first-order chi connectivity index (χ1) is 11.4. The third-order valence-electron chi connectivity index (χ3n) is 3.41. The van der Waals surface area contributed by atoms with Crippen molar-refractivity contribution in [3.8, 4) is 5.75 Å². The summed E-state index contributed by atoms with van der Waals surface area (Å²) in [6, 6.07) is 6.61. The molecule has 2 aromatic rings. The van der Waals surface area contributed by atoms with Crippen molar-refractivity contribution in [3.05, 3.63) is 48.0 Å². The number of hydrogen-bond acceptors (Lipinski definition) is 5. The van der Waals surface area contributed by atoms with Gasteiger partial charge < -0.3 is 14.7 Å². The van der Waals surface area contributed by atoms with Gasteiger partial charge in [0.25, 0.3) is 5.91 Å². The summed E-state index contributed by atoms with van der Waals surface area (Å²) in [6.45, 7) is 3.52. The largest absolute Gasteiger partial charge is 0.482 e. The predicted octanol–water partition coefficient (Wildman–Crippen LogP) is 2.34. The van der Waals surface area contributed by atoms with Crippen LogP contribution in [0.4, 0.5) is 5.69 Å². The molecule has 1 N–H and O–H groups in total. The minimum Gasteiger partial charge on any atom is -0.482 e. The maximum Gasteiger partial charge on any atom is 0.341 e. The molecule has 0 unspecified atom stereocenters. The molecule has 1 aromatic heterocycles. The van der Waals surface area contributed by atoms with Crippen molar-refractivity contribution in [1.29, 1.82) is 0 Å². The molecule has 24 heavy (non-hydrogen) atoms. The summed E-state index contributed by atoms with van der Waals surface area (Å²) >= 11 is 0. The number of anilines is 1. The highest BCUT2D eigenvalue weighted by Crippen LogP contribution is 2.22. The maximum atomic E-state index is 12.7. The van der Waals surface area contributed by atoms with Gasteiger partial charge >= 0.3 is 5.97 Å². The SMILES string of the molecule is CC(C)c1ncncc1C(=O)N(C)c1ccc(OCC(=O)O)cc1. The lowest BCUT2D eigenvalue weighted by Crippen LogP contribution is -2.28. The Morgan fingerprint density at radius 3 is 2.50 bits per heavy atom. The van der Waals surface area contributed by atoms with E-state index in [-0.39, 0.29) is 11.8 Å². The van der Waals surface area contributed by atoms with Crippen molar-refractivity contribution < 1.29 is 19.4 Å². The van der Waals surface area contributed by atoms with Crippen molar-refractivity contribution in [3.63, 3.8) is 0 Å². The molecular weight excluding hydrogens is 310 g/mol. The molecule has 0 atom stereocenters. The lowest BCUT2D eigenvalue weighted by atomic mass is 10.0. The van der Waals surface area contributed by atoms with Gasteiger partial charge in [0.1, 0.15) is 12.1 Å². The van der Waals surface area contributed by atoms with E-state index in [2.05, 4.69) is 9.97 Å². The molecule has 1 amide bonds. The van der Waals surface area contributed by atoms with Gasteiger partial charge in [-0.2, -0.15) is 0 Å². The van der Waals surface area contributed by atoms with Gasteiger partial charge in [-0.25, -0.2) is 14.8 Å². The second-order valence-corrected chi connectivity index (χ2v) is 5.52. The van der Waals surface area contributed by atoms with Gasteiger partial charge in [0.05, 0.1) is 11.3 Å². The number of benzene rings is 1. The fraction of sp³-hybridized carbons (Fsp3) is 0.294. The molecule has 0 aliphatic heterocycles. The van der Waals surface area contributed by atoms with Crippen LogP contribution in [-0.4, -0.2) is 40.6 Å². The topological polar surface area (TPSA) is 92.6 Å². The summed E-state index contributed by atoms with van der Waals surface area (Å²) in [5.74, 6) is -0.727. The van der Waals surface area contributed by atoms with Gasteiger partial charge in [-0.15, -0.1) is 0 Å². The van der Waals surface area contributed by atoms with Gasteiger partial charge in [-0.05, 0) is 30.2 Å². The van der Waals surface area contributed by atoms with Crippen LogP contribution >= 0.6 is 0 Å². The molecule has 0 bridgehead atoms.